The minimum absolute atomic E-state index is 0.0353. The van der Waals surface area contributed by atoms with E-state index in [2.05, 4.69) is 6.92 Å². The Morgan fingerprint density at radius 2 is 2.08 bits per heavy atom. The van der Waals surface area contributed by atoms with Crippen LogP contribution in [0.4, 0.5) is 0 Å². The maximum absolute atomic E-state index is 11.1. The van der Waals surface area contributed by atoms with E-state index in [0.717, 1.165) is 6.42 Å². The molecule has 0 saturated carbocycles. The van der Waals surface area contributed by atoms with E-state index in [1.807, 2.05) is 6.92 Å². The lowest BCUT2D eigenvalue weighted by Gasteiger charge is -1.93. The number of epoxide rings is 1. The molecule has 0 N–H and O–H groups in total. The number of carbonyl (C=O) groups excluding carboxylic acids is 1. The summed E-state index contributed by atoms with van der Waals surface area (Å²) in [6.07, 6.45) is 5.62. The first kappa shape index (κ1) is 9.72. The fourth-order valence-corrected chi connectivity index (χ4v) is 1.44. The summed E-state index contributed by atoms with van der Waals surface area (Å²) in [5.41, 5.74) is 0. The monoisotopic (exact) mass is 170 g/mol. The van der Waals surface area contributed by atoms with Crippen LogP contribution >= 0.6 is 0 Å². The van der Waals surface area contributed by atoms with Gasteiger partial charge in [-0.15, -0.1) is 0 Å². The molecule has 0 unspecified atom stereocenters. The number of ether oxygens (including phenoxy) is 1. The lowest BCUT2D eigenvalue weighted by molar-refractivity contribution is -0.119. The molecule has 1 fully saturated rings. The van der Waals surface area contributed by atoms with Crippen LogP contribution in [0.1, 0.15) is 46.0 Å². The average Bonchev–Trinajstić information content (AvgIpc) is 2.83. The molecule has 1 rings (SSSR count). The highest BCUT2D eigenvalue weighted by molar-refractivity contribution is 5.85. The maximum atomic E-state index is 11.1. The number of unbranched alkanes of at least 4 members (excludes halogenated alkanes) is 2. The molecule has 0 aromatic rings. The molecule has 2 heteroatoms. The van der Waals surface area contributed by atoms with Crippen molar-refractivity contribution in [2.75, 3.05) is 0 Å². The summed E-state index contributed by atoms with van der Waals surface area (Å²) in [5, 5.41) is 0. The number of rotatable bonds is 6. The molecule has 70 valence electrons. The minimum Gasteiger partial charge on any atom is -0.361 e. The van der Waals surface area contributed by atoms with Crippen LogP contribution < -0.4 is 0 Å². The van der Waals surface area contributed by atoms with E-state index in [9.17, 15) is 4.79 Å². The first-order valence-electron chi connectivity index (χ1n) is 4.97. The molecule has 0 aliphatic carbocycles. The SMILES string of the molecule is CCCCC[C@H]1O[C@@H]1C(=O)CC. The van der Waals surface area contributed by atoms with Crippen molar-refractivity contribution < 1.29 is 9.53 Å². The first-order valence-corrected chi connectivity index (χ1v) is 4.97. The van der Waals surface area contributed by atoms with Crippen molar-refractivity contribution in [3.05, 3.63) is 0 Å². The van der Waals surface area contributed by atoms with Crippen LogP contribution in [-0.2, 0) is 9.53 Å². The van der Waals surface area contributed by atoms with E-state index in [0.29, 0.717) is 6.42 Å². The van der Waals surface area contributed by atoms with Crippen molar-refractivity contribution in [3.63, 3.8) is 0 Å². The summed E-state index contributed by atoms with van der Waals surface area (Å²) < 4.78 is 5.27. The van der Waals surface area contributed by atoms with Gasteiger partial charge in [0.25, 0.3) is 0 Å². The van der Waals surface area contributed by atoms with Gasteiger partial charge >= 0.3 is 0 Å². The molecule has 1 aliphatic heterocycles. The zero-order chi connectivity index (χ0) is 8.97. The largest absolute Gasteiger partial charge is 0.361 e. The van der Waals surface area contributed by atoms with Crippen LogP contribution in [0.2, 0.25) is 0 Å². The summed E-state index contributed by atoms with van der Waals surface area (Å²) in [5.74, 6) is 0.275. The van der Waals surface area contributed by atoms with E-state index in [1.165, 1.54) is 19.3 Å². The van der Waals surface area contributed by atoms with E-state index in [-0.39, 0.29) is 18.0 Å². The van der Waals surface area contributed by atoms with Crippen molar-refractivity contribution >= 4 is 5.78 Å². The second-order valence-electron chi connectivity index (χ2n) is 3.41. The van der Waals surface area contributed by atoms with Crippen molar-refractivity contribution in [1.29, 1.82) is 0 Å². The molecule has 2 atom stereocenters. The summed E-state index contributed by atoms with van der Waals surface area (Å²) in [4.78, 5) is 11.1. The fourth-order valence-electron chi connectivity index (χ4n) is 1.44. The first-order chi connectivity index (χ1) is 5.79. The van der Waals surface area contributed by atoms with Gasteiger partial charge < -0.3 is 4.74 Å². The third kappa shape index (κ3) is 2.59. The molecule has 12 heavy (non-hydrogen) atoms. The zero-order valence-corrected chi connectivity index (χ0v) is 8.01. The highest BCUT2D eigenvalue weighted by Gasteiger charge is 2.42. The van der Waals surface area contributed by atoms with Crippen LogP contribution in [0, 0.1) is 0 Å². The third-order valence-electron chi connectivity index (χ3n) is 2.34. The van der Waals surface area contributed by atoms with Crippen LogP contribution in [0.5, 0.6) is 0 Å². The van der Waals surface area contributed by atoms with Gasteiger partial charge in [-0.1, -0.05) is 33.1 Å². The maximum Gasteiger partial charge on any atom is 0.163 e. The molecule has 2 nitrogen and oxygen atoms in total. The molecule has 1 heterocycles. The van der Waals surface area contributed by atoms with Gasteiger partial charge in [-0.3, -0.25) is 4.79 Å². The summed E-state index contributed by atoms with van der Waals surface area (Å²) in [7, 11) is 0. The van der Waals surface area contributed by atoms with Gasteiger partial charge in [-0.05, 0) is 6.42 Å². The van der Waals surface area contributed by atoms with Gasteiger partial charge in [0.2, 0.25) is 0 Å². The Morgan fingerprint density at radius 3 is 2.67 bits per heavy atom. The average molecular weight is 170 g/mol. The zero-order valence-electron chi connectivity index (χ0n) is 8.01. The van der Waals surface area contributed by atoms with Gasteiger partial charge in [-0.2, -0.15) is 0 Å². The molecule has 0 radical (unpaired) electrons. The lowest BCUT2D eigenvalue weighted by atomic mass is 10.1. The van der Waals surface area contributed by atoms with Crippen molar-refractivity contribution in [2.45, 2.75) is 58.2 Å². The van der Waals surface area contributed by atoms with E-state index in [1.54, 1.807) is 0 Å². The van der Waals surface area contributed by atoms with Crippen LogP contribution in [0.25, 0.3) is 0 Å². The molecule has 0 amide bonds. The van der Waals surface area contributed by atoms with Gasteiger partial charge in [-0.25, -0.2) is 0 Å². The summed E-state index contributed by atoms with van der Waals surface area (Å²) in [6, 6.07) is 0. The number of hydrogen-bond acceptors (Lipinski definition) is 2. The lowest BCUT2D eigenvalue weighted by Crippen LogP contribution is -2.07. The molecule has 1 saturated heterocycles. The predicted molar refractivity (Wildman–Crippen MR) is 48.1 cm³/mol. The van der Waals surface area contributed by atoms with Gasteiger partial charge in [0.05, 0.1) is 6.10 Å². The van der Waals surface area contributed by atoms with Crippen LogP contribution in [-0.4, -0.2) is 18.0 Å². The summed E-state index contributed by atoms with van der Waals surface area (Å²) >= 11 is 0. The Hall–Kier alpha value is -0.370. The molecule has 0 bridgehead atoms. The van der Waals surface area contributed by atoms with E-state index >= 15 is 0 Å². The van der Waals surface area contributed by atoms with Crippen molar-refractivity contribution in [2.24, 2.45) is 0 Å². The van der Waals surface area contributed by atoms with Crippen LogP contribution in [0.15, 0.2) is 0 Å². The Labute approximate surface area is 74.3 Å². The molecular weight excluding hydrogens is 152 g/mol. The summed E-state index contributed by atoms with van der Waals surface area (Å²) in [6.45, 7) is 4.08. The van der Waals surface area contributed by atoms with Crippen LogP contribution in [0.3, 0.4) is 0 Å². The number of Topliss-reactive ketones (excluding diaryl/α,β-unsaturated/α-hetero) is 1. The number of hydrogen-bond donors (Lipinski definition) is 0. The Balaban J connectivity index is 2.04. The van der Waals surface area contributed by atoms with Gasteiger partial charge in [0.1, 0.15) is 6.10 Å². The molecule has 1 aliphatic rings. The van der Waals surface area contributed by atoms with Gasteiger partial charge in [0, 0.05) is 6.42 Å². The molecule has 0 spiro atoms. The van der Waals surface area contributed by atoms with E-state index < -0.39 is 0 Å². The minimum atomic E-state index is -0.0353. The second-order valence-corrected chi connectivity index (χ2v) is 3.41. The van der Waals surface area contributed by atoms with E-state index in [4.69, 9.17) is 4.74 Å². The second kappa shape index (κ2) is 4.61. The fraction of sp³-hybridized carbons (Fsp3) is 0.900. The number of ketones is 1. The smallest absolute Gasteiger partial charge is 0.163 e. The quantitative estimate of drug-likeness (QED) is 0.452. The third-order valence-corrected chi connectivity index (χ3v) is 2.34. The standard InChI is InChI=1S/C10H18O2/c1-3-5-6-7-9-10(12-9)8(11)4-2/h9-10H,3-7H2,1-2H3/t9-,10-/m1/s1. The normalized spacial score (nSPS) is 27.2. The number of carbonyl (C=O) groups is 1. The Kier molecular flexibility index (Phi) is 3.73. The predicted octanol–water partition coefficient (Wildman–Crippen LogP) is 2.31. The highest BCUT2D eigenvalue weighted by atomic mass is 16.6. The van der Waals surface area contributed by atoms with Crippen molar-refractivity contribution in [3.8, 4) is 0 Å². The Morgan fingerprint density at radius 1 is 1.33 bits per heavy atom. The Bertz CT molecular complexity index is 154. The molecule has 0 aromatic heterocycles. The highest BCUT2D eigenvalue weighted by Crippen LogP contribution is 2.28. The van der Waals surface area contributed by atoms with Crippen molar-refractivity contribution in [1.82, 2.24) is 0 Å². The van der Waals surface area contributed by atoms with Gasteiger partial charge in [0.15, 0.2) is 5.78 Å². The molecular formula is C10H18O2. The molecule has 0 aromatic carbocycles. The topological polar surface area (TPSA) is 29.6 Å².